The van der Waals surface area contributed by atoms with E-state index in [0.717, 1.165) is 44.9 Å². The van der Waals surface area contributed by atoms with Gasteiger partial charge in [0, 0.05) is 36.5 Å². The molecule has 6 rings (SSSR count). The fourth-order valence-electron chi connectivity index (χ4n) is 12.6. The second-order valence-electron chi connectivity index (χ2n) is 19.9. The van der Waals surface area contributed by atoms with Crippen LogP contribution < -0.4 is 0 Å². The highest BCUT2D eigenvalue weighted by Crippen LogP contribution is 2.75. The average molecular weight is 737 g/mol. The van der Waals surface area contributed by atoms with Crippen molar-refractivity contribution in [2.75, 3.05) is 13.2 Å². The van der Waals surface area contributed by atoms with Gasteiger partial charge in [-0.05, 0) is 99.7 Å². The van der Waals surface area contributed by atoms with E-state index in [1.807, 2.05) is 0 Å². The van der Waals surface area contributed by atoms with Gasteiger partial charge in [0.2, 0.25) is 0 Å². The van der Waals surface area contributed by atoms with Gasteiger partial charge in [0.05, 0.1) is 61.5 Å². The van der Waals surface area contributed by atoms with E-state index < -0.39 is 48.7 Å². The lowest BCUT2D eigenvalue weighted by molar-refractivity contribution is -0.277. The van der Waals surface area contributed by atoms with Gasteiger partial charge >= 0.3 is 0 Å². The molecule has 6 aliphatic rings. The summed E-state index contributed by atoms with van der Waals surface area (Å²) in [5.74, 6) is 1.45. The molecule has 3 unspecified atom stereocenters. The molecule has 0 aromatic heterocycles. The first-order chi connectivity index (χ1) is 24.2. The Labute approximate surface area is 312 Å². The number of ether oxygens (including phenoxy) is 4. The fraction of sp³-hybridized carbons (Fsp3) is 0.952. The molecule has 0 aromatic rings. The number of allylic oxidation sites excluding steroid dienone is 1. The molecule has 3 saturated carbocycles. The summed E-state index contributed by atoms with van der Waals surface area (Å²) < 4.78 is 24.8. The van der Waals surface area contributed by atoms with E-state index in [1.54, 1.807) is 13.8 Å². The molecule has 6 N–H and O–H groups in total. The summed E-state index contributed by atoms with van der Waals surface area (Å²) in [4.78, 5) is 0. The van der Waals surface area contributed by atoms with Crippen molar-refractivity contribution < 1.29 is 49.6 Å². The second kappa shape index (κ2) is 15.0. The van der Waals surface area contributed by atoms with Crippen LogP contribution >= 0.6 is 0 Å². The number of rotatable bonds is 11. The van der Waals surface area contributed by atoms with Crippen LogP contribution in [0.15, 0.2) is 11.6 Å². The summed E-state index contributed by atoms with van der Waals surface area (Å²) in [6, 6.07) is 0. The Hall–Kier alpha value is -0.660. The van der Waals surface area contributed by atoms with Crippen LogP contribution in [-0.4, -0.2) is 105 Å². The molecular weight excluding hydrogens is 664 g/mol. The minimum Gasteiger partial charge on any atom is -0.394 e. The first-order valence-corrected chi connectivity index (χ1v) is 20.6. The van der Waals surface area contributed by atoms with Gasteiger partial charge in [0.1, 0.15) is 0 Å². The maximum absolute atomic E-state index is 12.4. The van der Waals surface area contributed by atoms with Crippen LogP contribution in [0.2, 0.25) is 0 Å². The van der Waals surface area contributed by atoms with Crippen molar-refractivity contribution in [2.24, 2.45) is 45.3 Å². The van der Waals surface area contributed by atoms with E-state index in [-0.39, 0.29) is 53.0 Å². The summed E-state index contributed by atoms with van der Waals surface area (Å²) in [6.45, 7) is 17.6. The van der Waals surface area contributed by atoms with Crippen molar-refractivity contribution in [3.8, 4) is 0 Å². The summed E-state index contributed by atoms with van der Waals surface area (Å²) in [5, 5.41) is 63.8. The number of hydrogen-bond donors (Lipinski definition) is 6. The third-order valence-corrected chi connectivity index (χ3v) is 16.0. The molecule has 0 aromatic carbocycles. The standard InChI is InChI=1S/C42H72O10/c1-24(9-13-33(46)39(4,5)48)29-15-16-40(6)32-12-10-30-31(42(32,8)34(47)21-41(29,40)7)11-14-35(38(30,2)3)52-37-20-26(45)18-28(51-37)23-49-36-19-25(44)17-27(22-43)50-36/h10,24-29,31-37,43-48H,9,11-23H2,1-8H3/t24-,25+,26+,27+,28+,29?,31?,32?,33-,34-,35+,36-,37+,40+,41-,42+/m1/s1. The summed E-state index contributed by atoms with van der Waals surface area (Å²) in [7, 11) is 0. The smallest absolute Gasteiger partial charge is 0.160 e. The largest absolute Gasteiger partial charge is 0.394 e. The molecule has 16 atom stereocenters. The highest BCUT2D eigenvalue weighted by atomic mass is 16.7. The minimum atomic E-state index is -1.11. The minimum absolute atomic E-state index is 0.0142. The van der Waals surface area contributed by atoms with Gasteiger partial charge in [-0.25, -0.2) is 0 Å². The predicted molar refractivity (Wildman–Crippen MR) is 197 cm³/mol. The fourth-order valence-corrected chi connectivity index (χ4v) is 12.6. The van der Waals surface area contributed by atoms with E-state index in [0.29, 0.717) is 49.9 Å². The summed E-state index contributed by atoms with van der Waals surface area (Å²) in [5.41, 5.74) is -0.184. The molecule has 2 aliphatic heterocycles. The Bertz CT molecular complexity index is 1270. The zero-order valence-electron chi connectivity index (χ0n) is 33.3. The Morgan fingerprint density at radius 3 is 2.21 bits per heavy atom. The van der Waals surface area contributed by atoms with Crippen LogP contribution in [0.25, 0.3) is 0 Å². The molecule has 300 valence electrons. The Balaban J connectivity index is 1.13. The lowest BCUT2D eigenvalue weighted by atomic mass is 9.38. The number of aliphatic hydroxyl groups excluding tert-OH is 5. The first-order valence-electron chi connectivity index (χ1n) is 20.6. The maximum atomic E-state index is 12.4. The molecule has 5 fully saturated rings. The molecule has 4 aliphatic carbocycles. The third-order valence-electron chi connectivity index (χ3n) is 16.0. The quantitative estimate of drug-likeness (QED) is 0.155. The average Bonchev–Trinajstić information content (AvgIpc) is 3.33. The molecule has 0 radical (unpaired) electrons. The van der Waals surface area contributed by atoms with Crippen molar-refractivity contribution in [3.05, 3.63) is 11.6 Å². The Kier molecular flexibility index (Phi) is 11.8. The maximum Gasteiger partial charge on any atom is 0.160 e. The van der Waals surface area contributed by atoms with Crippen LogP contribution in [0, 0.1) is 45.3 Å². The van der Waals surface area contributed by atoms with Gasteiger partial charge in [0.25, 0.3) is 0 Å². The van der Waals surface area contributed by atoms with Crippen LogP contribution in [-0.2, 0) is 18.9 Å². The van der Waals surface area contributed by atoms with E-state index in [4.69, 9.17) is 18.9 Å². The number of aliphatic hydroxyl groups is 6. The van der Waals surface area contributed by atoms with Gasteiger partial charge in [-0.3, -0.25) is 0 Å². The van der Waals surface area contributed by atoms with E-state index in [9.17, 15) is 30.6 Å². The Morgan fingerprint density at radius 1 is 0.885 bits per heavy atom. The van der Waals surface area contributed by atoms with Crippen molar-refractivity contribution in [1.82, 2.24) is 0 Å². The lowest BCUT2D eigenvalue weighted by Gasteiger charge is -2.67. The predicted octanol–water partition coefficient (Wildman–Crippen LogP) is 5.24. The zero-order valence-corrected chi connectivity index (χ0v) is 33.3. The van der Waals surface area contributed by atoms with Gasteiger partial charge in [0.15, 0.2) is 12.6 Å². The molecular formula is C42H72O10. The first kappa shape index (κ1) is 41.0. The van der Waals surface area contributed by atoms with E-state index in [2.05, 4.69) is 47.6 Å². The molecule has 0 bridgehead atoms. The second-order valence-corrected chi connectivity index (χ2v) is 19.9. The van der Waals surface area contributed by atoms with E-state index in [1.165, 1.54) is 5.57 Å². The van der Waals surface area contributed by atoms with Crippen LogP contribution in [0.1, 0.15) is 132 Å². The topological polar surface area (TPSA) is 158 Å². The third kappa shape index (κ3) is 7.34. The monoisotopic (exact) mass is 737 g/mol. The van der Waals surface area contributed by atoms with Crippen molar-refractivity contribution >= 4 is 0 Å². The van der Waals surface area contributed by atoms with Crippen molar-refractivity contribution in [2.45, 2.75) is 193 Å². The SMILES string of the molecule is C[C@H](CC[C@@H](O)C(C)(C)O)C1CC[C@@]2(C)C3CC=C4C(CC[C@H](O[C@H]5C[C@@H](O)C[C@@H](CO[C@H]6C[C@@H](O)C[C@@H](CO)O6)O5)C4(C)C)[C@]3(C)[C@H](O)C[C@]12C. The van der Waals surface area contributed by atoms with E-state index >= 15 is 0 Å². The molecule has 0 spiro atoms. The van der Waals surface area contributed by atoms with Gasteiger partial charge in [-0.2, -0.15) is 0 Å². The van der Waals surface area contributed by atoms with Gasteiger partial charge in [-0.1, -0.05) is 53.2 Å². The van der Waals surface area contributed by atoms with Gasteiger partial charge < -0.3 is 49.6 Å². The normalized spacial score (nSPS) is 47.5. The van der Waals surface area contributed by atoms with Crippen molar-refractivity contribution in [1.29, 1.82) is 0 Å². The Morgan fingerprint density at radius 2 is 1.54 bits per heavy atom. The van der Waals surface area contributed by atoms with Crippen molar-refractivity contribution in [3.63, 3.8) is 0 Å². The summed E-state index contributed by atoms with van der Waals surface area (Å²) >= 11 is 0. The van der Waals surface area contributed by atoms with Crippen LogP contribution in [0.5, 0.6) is 0 Å². The lowest BCUT2D eigenvalue weighted by Crippen LogP contribution is -2.64. The summed E-state index contributed by atoms with van der Waals surface area (Å²) in [6.07, 6.45) is 6.76. The highest BCUT2D eigenvalue weighted by molar-refractivity contribution is 5.31. The number of hydrogen-bond acceptors (Lipinski definition) is 10. The van der Waals surface area contributed by atoms with Gasteiger partial charge in [-0.15, -0.1) is 0 Å². The van der Waals surface area contributed by atoms with Crippen LogP contribution in [0.4, 0.5) is 0 Å². The molecule has 10 heteroatoms. The molecule has 2 saturated heterocycles. The molecule has 10 nitrogen and oxygen atoms in total. The molecule has 0 amide bonds. The molecule has 52 heavy (non-hydrogen) atoms. The number of fused-ring (bicyclic) bond motifs is 5. The molecule has 2 heterocycles. The highest BCUT2D eigenvalue weighted by Gasteiger charge is 2.70. The van der Waals surface area contributed by atoms with Crippen LogP contribution in [0.3, 0.4) is 0 Å². The zero-order chi connectivity index (χ0) is 38.0.